The predicted molar refractivity (Wildman–Crippen MR) is 95.2 cm³/mol. The molecular formula is C18H11ClFNO2S. The first-order valence-corrected chi connectivity index (χ1v) is 8.20. The zero-order valence-electron chi connectivity index (χ0n) is 12.3. The van der Waals surface area contributed by atoms with Crippen LogP contribution in [-0.2, 0) is 4.79 Å². The van der Waals surface area contributed by atoms with E-state index in [1.165, 1.54) is 24.3 Å². The third-order valence-corrected chi connectivity index (χ3v) is 4.35. The standard InChI is InChI=1S/C18H11ClFNO2S/c19-13(10-12-6-2-1-3-7-12)11-16-17(22)21(18(23)24-16)15-9-5-4-8-14(15)20/h1-11H/b13-10-,16-11-. The van der Waals surface area contributed by atoms with E-state index < -0.39 is 17.0 Å². The van der Waals surface area contributed by atoms with E-state index in [1.807, 2.05) is 30.3 Å². The summed E-state index contributed by atoms with van der Waals surface area (Å²) in [5, 5.41) is -0.249. The maximum Gasteiger partial charge on any atom is 0.298 e. The van der Waals surface area contributed by atoms with Gasteiger partial charge in [-0.25, -0.2) is 9.29 Å². The molecule has 0 bridgehead atoms. The van der Waals surface area contributed by atoms with E-state index in [0.29, 0.717) is 5.03 Å². The quantitative estimate of drug-likeness (QED) is 0.708. The van der Waals surface area contributed by atoms with E-state index in [-0.39, 0.29) is 10.6 Å². The van der Waals surface area contributed by atoms with Crippen LogP contribution in [0.2, 0.25) is 0 Å². The van der Waals surface area contributed by atoms with Crippen molar-refractivity contribution in [2.75, 3.05) is 4.90 Å². The second-order valence-electron chi connectivity index (χ2n) is 4.91. The molecule has 2 aromatic carbocycles. The SMILES string of the molecule is O=C1S/C(=C\C(Cl)=C\c2ccccc2)C(=O)N1c1ccccc1F. The van der Waals surface area contributed by atoms with E-state index in [9.17, 15) is 14.0 Å². The number of para-hydroxylation sites is 1. The Hall–Kier alpha value is -2.37. The number of benzene rings is 2. The molecular weight excluding hydrogens is 349 g/mol. The fourth-order valence-corrected chi connectivity index (χ4v) is 3.31. The third kappa shape index (κ3) is 3.42. The first-order valence-electron chi connectivity index (χ1n) is 7.01. The lowest BCUT2D eigenvalue weighted by molar-refractivity contribution is -0.113. The molecule has 1 heterocycles. The number of carbonyl (C=O) groups excluding carboxylic acids is 2. The third-order valence-electron chi connectivity index (χ3n) is 3.26. The van der Waals surface area contributed by atoms with Gasteiger partial charge in [-0.05, 0) is 41.6 Å². The second-order valence-corrected chi connectivity index (χ2v) is 6.34. The van der Waals surface area contributed by atoms with Gasteiger partial charge in [-0.2, -0.15) is 0 Å². The Labute approximate surface area is 147 Å². The number of nitrogens with zero attached hydrogens (tertiary/aromatic N) is 1. The van der Waals surface area contributed by atoms with Crippen LogP contribution in [0, 0.1) is 5.82 Å². The molecule has 120 valence electrons. The molecule has 0 unspecified atom stereocenters. The fraction of sp³-hybridized carbons (Fsp3) is 0. The van der Waals surface area contributed by atoms with E-state index in [4.69, 9.17) is 11.6 Å². The average Bonchev–Trinajstić information content (AvgIpc) is 2.83. The summed E-state index contributed by atoms with van der Waals surface area (Å²) < 4.78 is 13.9. The lowest BCUT2D eigenvalue weighted by Crippen LogP contribution is -2.28. The number of halogens is 2. The number of amides is 2. The smallest absolute Gasteiger partial charge is 0.268 e. The van der Waals surface area contributed by atoms with Crippen LogP contribution in [0.3, 0.4) is 0 Å². The second kappa shape index (κ2) is 7.03. The van der Waals surface area contributed by atoms with Crippen molar-refractivity contribution in [3.63, 3.8) is 0 Å². The van der Waals surface area contributed by atoms with Crippen molar-refractivity contribution < 1.29 is 14.0 Å². The summed E-state index contributed by atoms with van der Waals surface area (Å²) in [7, 11) is 0. The summed E-state index contributed by atoms with van der Waals surface area (Å²) in [6.45, 7) is 0. The molecule has 1 aliphatic rings. The first kappa shape index (κ1) is 16.5. The molecule has 0 N–H and O–H groups in total. The highest BCUT2D eigenvalue weighted by atomic mass is 35.5. The van der Waals surface area contributed by atoms with Crippen molar-refractivity contribution in [2.45, 2.75) is 0 Å². The van der Waals surface area contributed by atoms with Crippen molar-refractivity contribution in [3.8, 4) is 0 Å². The van der Waals surface area contributed by atoms with Gasteiger partial charge in [0, 0.05) is 5.03 Å². The van der Waals surface area contributed by atoms with Crippen molar-refractivity contribution >= 4 is 46.3 Å². The normalized spacial score (nSPS) is 17.0. The minimum Gasteiger partial charge on any atom is -0.268 e. The molecule has 2 aromatic rings. The van der Waals surface area contributed by atoms with E-state index in [2.05, 4.69) is 0 Å². The molecule has 1 aliphatic heterocycles. The van der Waals surface area contributed by atoms with Gasteiger partial charge in [0.25, 0.3) is 11.1 Å². The molecule has 0 saturated carbocycles. The Morgan fingerprint density at radius 1 is 1.04 bits per heavy atom. The predicted octanol–water partition coefficient (Wildman–Crippen LogP) is 5.19. The zero-order valence-corrected chi connectivity index (χ0v) is 13.9. The van der Waals surface area contributed by atoms with Crippen molar-refractivity contribution in [3.05, 3.63) is 82.0 Å². The van der Waals surface area contributed by atoms with Crippen LogP contribution in [0.15, 0.2) is 70.6 Å². The Kier molecular flexibility index (Phi) is 4.83. The number of allylic oxidation sites excluding steroid dienone is 2. The van der Waals surface area contributed by atoms with E-state index in [1.54, 1.807) is 12.1 Å². The molecule has 3 nitrogen and oxygen atoms in total. The van der Waals surface area contributed by atoms with E-state index in [0.717, 1.165) is 22.2 Å². The summed E-state index contributed by atoms with van der Waals surface area (Å²) in [4.78, 5) is 25.5. The van der Waals surface area contributed by atoms with Crippen molar-refractivity contribution in [1.29, 1.82) is 0 Å². The molecule has 1 fully saturated rings. The highest BCUT2D eigenvalue weighted by Crippen LogP contribution is 2.36. The minimum absolute atomic E-state index is 0.0634. The van der Waals surface area contributed by atoms with Crippen molar-refractivity contribution in [2.24, 2.45) is 0 Å². The lowest BCUT2D eigenvalue weighted by Gasteiger charge is -2.12. The lowest BCUT2D eigenvalue weighted by atomic mass is 10.2. The Balaban J connectivity index is 1.89. The highest BCUT2D eigenvalue weighted by molar-refractivity contribution is 8.18. The van der Waals surface area contributed by atoms with Gasteiger partial charge in [0.2, 0.25) is 0 Å². The fourth-order valence-electron chi connectivity index (χ4n) is 2.18. The van der Waals surface area contributed by atoms with Crippen LogP contribution in [0.25, 0.3) is 6.08 Å². The number of hydrogen-bond acceptors (Lipinski definition) is 3. The number of rotatable bonds is 3. The summed E-state index contributed by atoms with van der Waals surface area (Å²) >= 11 is 6.88. The minimum atomic E-state index is -0.632. The molecule has 2 amide bonds. The summed E-state index contributed by atoms with van der Waals surface area (Å²) in [6, 6.07) is 15.0. The maximum absolute atomic E-state index is 13.9. The van der Waals surface area contributed by atoms with Crippen LogP contribution in [0.1, 0.15) is 5.56 Å². The van der Waals surface area contributed by atoms with Crippen LogP contribution in [-0.4, -0.2) is 11.1 Å². The molecule has 1 saturated heterocycles. The first-order chi connectivity index (χ1) is 11.6. The average molecular weight is 360 g/mol. The van der Waals surface area contributed by atoms with Crippen LogP contribution < -0.4 is 4.90 Å². The number of carbonyl (C=O) groups is 2. The van der Waals surface area contributed by atoms with Gasteiger partial charge in [0.05, 0.1) is 10.6 Å². The number of anilines is 1. The number of hydrogen-bond donors (Lipinski definition) is 0. The summed E-state index contributed by atoms with van der Waals surface area (Å²) in [5.74, 6) is -1.22. The Bertz CT molecular complexity index is 864. The topological polar surface area (TPSA) is 37.4 Å². The molecule has 6 heteroatoms. The molecule has 24 heavy (non-hydrogen) atoms. The molecule has 0 spiro atoms. The molecule has 3 rings (SSSR count). The van der Waals surface area contributed by atoms with Gasteiger partial charge in [-0.15, -0.1) is 0 Å². The highest BCUT2D eigenvalue weighted by Gasteiger charge is 2.37. The van der Waals surface area contributed by atoms with Gasteiger partial charge < -0.3 is 0 Å². The van der Waals surface area contributed by atoms with Gasteiger partial charge in [0.15, 0.2) is 0 Å². The molecule has 0 radical (unpaired) electrons. The van der Waals surface area contributed by atoms with Gasteiger partial charge in [-0.3, -0.25) is 9.59 Å². The van der Waals surface area contributed by atoms with Gasteiger partial charge in [-0.1, -0.05) is 54.1 Å². The summed E-state index contributed by atoms with van der Waals surface area (Å²) in [6.07, 6.45) is 3.10. The van der Waals surface area contributed by atoms with Crippen LogP contribution in [0.4, 0.5) is 14.9 Å². The monoisotopic (exact) mass is 359 g/mol. The Morgan fingerprint density at radius 3 is 2.42 bits per heavy atom. The van der Waals surface area contributed by atoms with Gasteiger partial charge >= 0.3 is 0 Å². The Morgan fingerprint density at radius 2 is 1.71 bits per heavy atom. The zero-order chi connectivity index (χ0) is 17.1. The van der Waals surface area contributed by atoms with Gasteiger partial charge in [0.1, 0.15) is 5.82 Å². The summed E-state index contributed by atoms with van der Waals surface area (Å²) in [5.41, 5.74) is 0.804. The number of thioether (sulfide) groups is 1. The van der Waals surface area contributed by atoms with Crippen LogP contribution in [0.5, 0.6) is 0 Å². The van der Waals surface area contributed by atoms with Crippen molar-refractivity contribution in [1.82, 2.24) is 0 Å². The maximum atomic E-state index is 13.9. The van der Waals surface area contributed by atoms with E-state index >= 15 is 0 Å². The number of imide groups is 1. The molecule has 0 atom stereocenters. The molecule has 0 aliphatic carbocycles. The largest absolute Gasteiger partial charge is 0.298 e. The van der Waals surface area contributed by atoms with Crippen LogP contribution >= 0.6 is 23.4 Å². The molecule has 0 aromatic heterocycles.